The minimum atomic E-state index is 0.601. The number of hydrogen-bond acceptors (Lipinski definition) is 5. The number of anilines is 1. The predicted octanol–water partition coefficient (Wildman–Crippen LogP) is 2.27. The first-order chi connectivity index (χ1) is 12.4. The molecule has 6 nitrogen and oxygen atoms in total. The van der Waals surface area contributed by atoms with Crippen molar-refractivity contribution >= 4 is 16.9 Å². The summed E-state index contributed by atoms with van der Waals surface area (Å²) in [5.41, 5.74) is 1.88. The van der Waals surface area contributed by atoms with E-state index in [-0.39, 0.29) is 0 Å². The molecule has 2 aliphatic rings. The highest BCUT2D eigenvalue weighted by Crippen LogP contribution is 2.28. The van der Waals surface area contributed by atoms with Gasteiger partial charge in [-0.25, -0.2) is 14.6 Å². The van der Waals surface area contributed by atoms with Crippen LogP contribution >= 0.6 is 0 Å². The predicted molar refractivity (Wildman–Crippen MR) is 98.0 cm³/mol. The summed E-state index contributed by atoms with van der Waals surface area (Å²) in [7, 11) is 0. The smallest absolute Gasteiger partial charge is 0.168 e. The first-order valence-corrected chi connectivity index (χ1v) is 8.78. The van der Waals surface area contributed by atoms with Gasteiger partial charge in [0.25, 0.3) is 0 Å². The van der Waals surface area contributed by atoms with E-state index in [9.17, 15) is 0 Å². The van der Waals surface area contributed by atoms with Gasteiger partial charge in [0.1, 0.15) is 12.1 Å². The normalized spacial score (nSPS) is 20.8. The number of para-hydroxylation sites is 1. The minimum absolute atomic E-state index is 0.601. The molecule has 0 unspecified atom stereocenters. The fraction of sp³-hybridized carbons (Fsp3) is 0.316. The van der Waals surface area contributed by atoms with Crippen LogP contribution in [-0.2, 0) is 0 Å². The lowest BCUT2D eigenvalue weighted by Gasteiger charge is -2.24. The third-order valence-electron chi connectivity index (χ3n) is 5.17. The van der Waals surface area contributed by atoms with E-state index in [1.165, 1.54) is 6.42 Å². The van der Waals surface area contributed by atoms with Gasteiger partial charge in [-0.2, -0.15) is 5.10 Å². The second-order valence-electron chi connectivity index (χ2n) is 6.64. The average molecular weight is 332 g/mol. The van der Waals surface area contributed by atoms with E-state index in [4.69, 9.17) is 0 Å². The molecule has 25 heavy (non-hydrogen) atoms. The molecule has 0 bridgehead atoms. The van der Waals surface area contributed by atoms with Crippen LogP contribution in [-0.4, -0.2) is 56.9 Å². The Bertz CT molecular complexity index is 908. The van der Waals surface area contributed by atoms with Gasteiger partial charge in [0.2, 0.25) is 0 Å². The summed E-state index contributed by atoms with van der Waals surface area (Å²) in [6, 6.07) is 10.7. The summed E-state index contributed by atoms with van der Waals surface area (Å²) in [6.45, 7) is 4.20. The molecular weight excluding hydrogens is 312 g/mol. The number of nitrogens with zero attached hydrogens (tertiary/aromatic N) is 6. The Kier molecular flexibility index (Phi) is 3.48. The molecule has 0 spiro atoms. The number of aromatic nitrogens is 4. The first kappa shape index (κ1) is 14.6. The summed E-state index contributed by atoms with van der Waals surface area (Å²) in [6.07, 6.45) is 9.25. The largest absolute Gasteiger partial charge is 0.354 e. The molecule has 0 N–H and O–H groups in total. The molecule has 1 aromatic carbocycles. The van der Waals surface area contributed by atoms with Crippen LogP contribution in [0.1, 0.15) is 6.42 Å². The van der Waals surface area contributed by atoms with Gasteiger partial charge < -0.3 is 4.90 Å². The molecule has 126 valence electrons. The molecule has 0 saturated carbocycles. The SMILES string of the molecule is C1=CCN([C@H]2CCN(c3ncnc4c3cnn4-c3ccccc3)C2)C1. The third kappa shape index (κ3) is 2.49. The lowest BCUT2D eigenvalue weighted by molar-refractivity contribution is 0.271. The molecule has 5 rings (SSSR count). The molecule has 0 amide bonds. The molecule has 0 aliphatic carbocycles. The molecule has 6 heteroatoms. The summed E-state index contributed by atoms with van der Waals surface area (Å²) < 4.78 is 1.89. The van der Waals surface area contributed by atoms with E-state index in [0.717, 1.165) is 48.7 Å². The molecule has 2 aromatic heterocycles. The summed E-state index contributed by atoms with van der Waals surface area (Å²) >= 11 is 0. The lowest BCUT2D eigenvalue weighted by atomic mass is 10.2. The molecule has 0 radical (unpaired) electrons. The zero-order valence-electron chi connectivity index (χ0n) is 14.0. The fourth-order valence-electron chi connectivity index (χ4n) is 3.87. The molecule has 1 atom stereocenters. The maximum atomic E-state index is 4.58. The van der Waals surface area contributed by atoms with Crippen LogP contribution in [0.4, 0.5) is 5.82 Å². The zero-order chi connectivity index (χ0) is 16.6. The fourth-order valence-corrected chi connectivity index (χ4v) is 3.87. The standard InChI is InChI=1S/C19H20N6/c1-2-6-15(7-3-1)25-19-17(12-22-25)18(20-14-21-19)24-11-8-16(13-24)23-9-4-5-10-23/h1-7,12,14,16H,8-11,13H2/t16-/m0/s1. The van der Waals surface area contributed by atoms with Crippen LogP contribution in [0.25, 0.3) is 16.7 Å². The number of benzene rings is 1. The van der Waals surface area contributed by atoms with Crippen molar-refractivity contribution in [3.63, 3.8) is 0 Å². The van der Waals surface area contributed by atoms with E-state index in [0.29, 0.717) is 6.04 Å². The van der Waals surface area contributed by atoms with E-state index >= 15 is 0 Å². The zero-order valence-corrected chi connectivity index (χ0v) is 14.0. The van der Waals surface area contributed by atoms with Gasteiger partial charge in [0.05, 0.1) is 17.3 Å². The average Bonchev–Trinajstić information content (AvgIpc) is 3.40. The van der Waals surface area contributed by atoms with Gasteiger partial charge in [-0.15, -0.1) is 0 Å². The molecule has 4 heterocycles. The van der Waals surface area contributed by atoms with Crippen LogP contribution < -0.4 is 4.90 Å². The summed E-state index contributed by atoms with van der Waals surface area (Å²) in [4.78, 5) is 14.0. The van der Waals surface area contributed by atoms with Crippen molar-refractivity contribution in [3.8, 4) is 5.69 Å². The Labute approximate surface area is 146 Å². The first-order valence-electron chi connectivity index (χ1n) is 8.78. The van der Waals surface area contributed by atoms with Crippen LogP contribution in [0.5, 0.6) is 0 Å². The van der Waals surface area contributed by atoms with Crippen molar-refractivity contribution in [2.24, 2.45) is 0 Å². The molecule has 2 aliphatic heterocycles. The van der Waals surface area contributed by atoms with E-state index in [1.807, 2.05) is 41.2 Å². The third-order valence-corrected chi connectivity index (χ3v) is 5.17. The van der Waals surface area contributed by atoms with Gasteiger partial charge in [-0.1, -0.05) is 30.4 Å². The van der Waals surface area contributed by atoms with Crippen LogP contribution in [0.3, 0.4) is 0 Å². The lowest BCUT2D eigenvalue weighted by Crippen LogP contribution is -2.35. The highest BCUT2D eigenvalue weighted by Gasteiger charge is 2.29. The quantitative estimate of drug-likeness (QED) is 0.689. The van der Waals surface area contributed by atoms with Gasteiger partial charge >= 0.3 is 0 Å². The van der Waals surface area contributed by atoms with Crippen molar-refractivity contribution in [3.05, 3.63) is 55.0 Å². The van der Waals surface area contributed by atoms with E-state index < -0.39 is 0 Å². The van der Waals surface area contributed by atoms with E-state index in [1.54, 1.807) is 6.33 Å². The highest BCUT2D eigenvalue weighted by molar-refractivity contribution is 5.87. The maximum absolute atomic E-state index is 4.58. The summed E-state index contributed by atoms with van der Waals surface area (Å²) in [5.74, 6) is 1.00. The van der Waals surface area contributed by atoms with Crippen LogP contribution in [0.15, 0.2) is 55.0 Å². The maximum Gasteiger partial charge on any atom is 0.168 e. The molecule has 1 fully saturated rings. The van der Waals surface area contributed by atoms with Gasteiger partial charge in [-0.05, 0) is 18.6 Å². The Balaban J connectivity index is 1.47. The van der Waals surface area contributed by atoms with Crippen LogP contribution in [0.2, 0.25) is 0 Å². The van der Waals surface area contributed by atoms with Crippen LogP contribution in [0, 0.1) is 0 Å². The Morgan fingerprint density at radius 2 is 1.84 bits per heavy atom. The molecule has 1 saturated heterocycles. The monoisotopic (exact) mass is 332 g/mol. The van der Waals surface area contributed by atoms with Crippen molar-refractivity contribution in [1.82, 2.24) is 24.6 Å². The minimum Gasteiger partial charge on any atom is -0.354 e. The Morgan fingerprint density at radius 3 is 2.68 bits per heavy atom. The Hall–Kier alpha value is -2.73. The second-order valence-corrected chi connectivity index (χ2v) is 6.64. The summed E-state index contributed by atoms with van der Waals surface area (Å²) in [5, 5.41) is 5.58. The second kappa shape index (κ2) is 5.97. The van der Waals surface area contributed by atoms with Gasteiger partial charge in [0, 0.05) is 32.2 Å². The number of fused-ring (bicyclic) bond motifs is 1. The number of rotatable bonds is 3. The van der Waals surface area contributed by atoms with Crippen molar-refractivity contribution in [1.29, 1.82) is 0 Å². The molecular formula is C19H20N6. The topological polar surface area (TPSA) is 50.1 Å². The Morgan fingerprint density at radius 1 is 1.00 bits per heavy atom. The van der Waals surface area contributed by atoms with E-state index in [2.05, 4.69) is 37.0 Å². The van der Waals surface area contributed by atoms with Gasteiger partial charge in [-0.3, -0.25) is 4.90 Å². The van der Waals surface area contributed by atoms with Crippen molar-refractivity contribution in [2.75, 3.05) is 31.1 Å². The van der Waals surface area contributed by atoms with Crippen molar-refractivity contribution < 1.29 is 0 Å². The van der Waals surface area contributed by atoms with Crippen molar-refractivity contribution in [2.45, 2.75) is 12.5 Å². The highest BCUT2D eigenvalue weighted by atomic mass is 15.3. The molecule has 3 aromatic rings. The number of hydrogen-bond donors (Lipinski definition) is 0. The van der Waals surface area contributed by atoms with Gasteiger partial charge in [0.15, 0.2) is 5.65 Å².